The predicted octanol–water partition coefficient (Wildman–Crippen LogP) is 3.41. The standard InChI is InChI=1S/C25H28N4O2/c1-31-21-7-2-5-17(11-21)12-23-20-13-19(22-8-3-9-24(30)29(22)23)15-28(16-20)25-18(14-26)6-4-10-27-25/h2,4-7,10-11,19-20,22-23H,3,8-9,12-13,15-16H2,1H3/t19-,20+,22+,23+/m1/s1. The molecule has 2 bridgehead atoms. The van der Waals surface area contributed by atoms with Gasteiger partial charge in [-0.15, -0.1) is 0 Å². The van der Waals surface area contributed by atoms with Crippen LogP contribution in [-0.2, 0) is 11.2 Å². The van der Waals surface area contributed by atoms with Crippen LogP contribution in [0.2, 0.25) is 0 Å². The molecule has 2 aromatic rings. The number of amides is 1. The van der Waals surface area contributed by atoms with Gasteiger partial charge in [0.05, 0.1) is 12.7 Å². The highest BCUT2D eigenvalue weighted by molar-refractivity contribution is 5.78. The Morgan fingerprint density at radius 2 is 2.10 bits per heavy atom. The second-order valence-electron chi connectivity index (χ2n) is 9.03. The van der Waals surface area contributed by atoms with Gasteiger partial charge in [0.15, 0.2) is 0 Å². The van der Waals surface area contributed by atoms with Crippen LogP contribution < -0.4 is 9.64 Å². The molecule has 3 saturated heterocycles. The summed E-state index contributed by atoms with van der Waals surface area (Å²) < 4.78 is 5.43. The lowest BCUT2D eigenvalue weighted by molar-refractivity contribution is -0.148. The zero-order valence-corrected chi connectivity index (χ0v) is 17.9. The number of benzene rings is 1. The first-order valence-electron chi connectivity index (χ1n) is 11.2. The first-order chi connectivity index (χ1) is 15.2. The van der Waals surface area contributed by atoms with Crippen molar-refractivity contribution in [3.63, 3.8) is 0 Å². The maximum Gasteiger partial charge on any atom is 0.223 e. The third-order valence-electron chi connectivity index (χ3n) is 7.28. The average Bonchev–Trinajstić information content (AvgIpc) is 2.82. The number of piperidine rings is 3. The molecule has 0 aliphatic carbocycles. The van der Waals surface area contributed by atoms with E-state index in [0.717, 1.165) is 50.3 Å². The van der Waals surface area contributed by atoms with Crippen molar-refractivity contribution >= 4 is 11.7 Å². The molecule has 6 nitrogen and oxygen atoms in total. The number of fused-ring (bicyclic) bond motifs is 4. The molecule has 1 aromatic carbocycles. The maximum atomic E-state index is 13.1. The SMILES string of the molecule is COc1cccc(C[C@H]2[C@H]3C[C@H](CN(c4ncccc4C#N)C3)[C@@H]3CCCC(=O)N32)c1. The van der Waals surface area contributed by atoms with Gasteiger partial charge in [0.2, 0.25) is 5.91 Å². The molecule has 0 saturated carbocycles. The van der Waals surface area contributed by atoms with Gasteiger partial charge in [0.1, 0.15) is 17.6 Å². The number of aromatic nitrogens is 1. The highest BCUT2D eigenvalue weighted by atomic mass is 16.5. The van der Waals surface area contributed by atoms with E-state index in [2.05, 4.69) is 33.0 Å². The van der Waals surface area contributed by atoms with Crippen LogP contribution in [0.4, 0.5) is 5.82 Å². The fourth-order valence-electron chi connectivity index (χ4n) is 5.99. The number of methoxy groups -OCH3 is 1. The van der Waals surface area contributed by atoms with Crippen molar-refractivity contribution in [3.8, 4) is 11.8 Å². The van der Waals surface area contributed by atoms with Crippen molar-refractivity contribution in [2.45, 2.75) is 44.2 Å². The summed E-state index contributed by atoms with van der Waals surface area (Å²) in [6.45, 7) is 1.69. The molecule has 3 aliphatic rings. The van der Waals surface area contributed by atoms with E-state index in [1.165, 1.54) is 5.56 Å². The van der Waals surface area contributed by atoms with Gasteiger partial charge in [-0.3, -0.25) is 4.79 Å². The van der Waals surface area contributed by atoms with Crippen molar-refractivity contribution in [2.75, 3.05) is 25.1 Å². The zero-order valence-electron chi connectivity index (χ0n) is 17.9. The van der Waals surface area contributed by atoms with Gasteiger partial charge in [-0.1, -0.05) is 12.1 Å². The van der Waals surface area contributed by atoms with E-state index in [-0.39, 0.29) is 12.1 Å². The molecule has 1 amide bonds. The number of nitrogens with zero attached hydrogens (tertiary/aromatic N) is 4. The van der Waals surface area contributed by atoms with Crippen LogP contribution >= 0.6 is 0 Å². The minimum Gasteiger partial charge on any atom is -0.497 e. The molecule has 0 N–H and O–H groups in total. The van der Waals surface area contributed by atoms with Gasteiger partial charge < -0.3 is 14.5 Å². The molecule has 4 atom stereocenters. The Balaban J connectivity index is 1.48. The highest BCUT2D eigenvalue weighted by Crippen LogP contribution is 2.43. The Hall–Kier alpha value is -3.07. The van der Waals surface area contributed by atoms with E-state index in [0.29, 0.717) is 29.7 Å². The van der Waals surface area contributed by atoms with Gasteiger partial charge in [0, 0.05) is 37.8 Å². The summed E-state index contributed by atoms with van der Waals surface area (Å²) in [6.07, 6.45) is 6.43. The topological polar surface area (TPSA) is 69.5 Å². The largest absolute Gasteiger partial charge is 0.497 e. The van der Waals surface area contributed by atoms with Gasteiger partial charge >= 0.3 is 0 Å². The van der Waals surface area contributed by atoms with Gasteiger partial charge in [-0.25, -0.2) is 4.98 Å². The Bertz CT molecular complexity index is 1020. The highest BCUT2D eigenvalue weighted by Gasteiger charge is 2.49. The van der Waals surface area contributed by atoms with Crippen molar-refractivity contribution in [1.82, 2.24) is 9.88 Å². The second kappa shape index (κ2) is 8.22. The normalized spacial score (nSPS) is 27.4. The quantitative estimate of drug-likeness (QED) is 0.764. The summed E-state index contributed by atoms with van der Waals surface area (Å²) in [5.74, 6) is 2.73. The van der Waals surface area contributed by atoms with Crippen LogP contribution in [0.3, 0.4) is 0 Å². The summed E-state index contributed by atoms with van der Waals surface area (Å²) in [4.78, 5) is 22.2. The van der Waals surface area contributed by atoms with Crippen LogP contribution in [0.5, 0.6) is 5.75 Å². The lowest BCUT2D eigenvalue weighted by atomic mass is 9.70. The number of pyridine rings is 1. The van der Waals surface area contributed by atoms with E-state index >= 15 is 0 Å². The van der Waals surface area contributed by atoms with Crippen molar-refractivity contribution < 1.29 is 9.53 Å². The van der Waals surface area contributed by atoms with E-state index in [9.17, 15) is 10.1 Å². The smallest absolute Gasteiger partial charge is 0.223 e. The number of carbonyl (C=O) groups is 1. The fourth-order valence-corrected chi connectivity index (χ4v) is 5.99. The molecule has 5 rings (SSSR count). The zero-order chi connectivity index (χ0) is 21.4. The molecule has 3 fully saturated rings. The number of hydrogen-bond acceptors (Lipinski definition) is 5. The van der Waals surface area contributed by atoms with E-state index in [4.69, 9.17) is 4.74 Å². The molecule has 6 heteroatoms. The number of ether oxygens (including phenoxy) is 1. The van der Waals surface area contributed by atoms with E-state index < -0.39 is 0 Å². The third kappa shape index (κ3) is 3.63. The van der Waals surface area contributed by atoms with Crippen LogP contribution in [0.1, 0.15) is 36.8 Å². The lowest BCUT2D eigenvalue weighted by Gasteiger charge is -2.57. The molecule has 0 unspecified atom stereocenters. The Morgan fingerprint density at radius 1 is 1.23 bits per heavy atom. The first kappa shape index (κ1) is 19.9. The number of carbonyl (C=O) groups excluding carboxylic acids is 1. The second-order valence-corrected chi connectivity index (χ2v) is 9.03. The summed E-state index contributed by atoms with van der Waals surface area (Å²) in [7, 11) is 1.69. The van der Waals surface area contributed by atoms with Crippen molar-refractivity contribution in [3.05, 3.63) is 53.7 Å². The van der Waals surface area contributed by atoms with Crippen molar-refractivity contribution in [1.29, 1.82) is 5.26 Å². The molecular weight excluding hydrogens is 388 g/mol. The maximum absolute atomic E-state index is 13.1. The fraction of sp³-hybridized carbons (Fsp3) is 0.480. The number of nitriles is 1. The molecule has 160 valence electrons. The number of anilines is 1. The average molecular weight is 417 g/mol. The van der Waals surface area contributed by atoms with E-state index in [1.54, 1.807) is 13.3 Å². The van der Waals surface area contributed by atoms with Crippen molar-refractivity contribution in [2.24, 2.45) is 11.8 Å². The Kier molecular flexibility index (Phi) is 5.27. The van der Waals surface area contributed by atoms with Gasteiger partial charge in [-0.05, 0) is 67.3 Å². The molecule has 31 heavy (non-hydrogen) atoms. The van der Waals surface area contributed by atoms with Crippen LogP contribution in [-0.4, -0.2) is 48.1 Å². The Labute approximate surface area is 183 Å². The summed E-state index contributed by atoms with van der Waals surface area (Å²) in [6, 6.07) is 14.6. The molecule has 1 aromatic heterocycles. The van der Waals surface area contributed by atoms with Crippen LogP contribution in [0, 0.1) is 23.2 Å². The van der Waals surface area contributed by atoms with Crippen LogP contribution in [0.15, 0.2) is 42.6 Å². The first-order valence-corrected chi connectivity index (χ1v) is 11.2. The monoisotopic (exact) mass is 416 g/mol. The van der Waals surface area contributed by atoms with Gasteiger partial charge in [-0.2, -0.15) is 5.26 Å². The minimum atomic E-state index is 0.165. The third-order valence-corrected chi connectivity index (χ3v) is 7.28. The molecule has 0 radical (unpaired) electrons. The molecule has 0 spiro atoms. The lowest BCUT2D eigenvalue weighted by Crippen LogP contribution is -2.65. The number of rotatable bonds is 4. The van der Waals surface area contributed by atoms with E-state index in [1.807, 2.05) is 24.3 Å². The molecular formula is C25H28N4O2. The summed E-state index contributed by atoms with van der Waals surface area (Å²) in [5, 5.41) is 9.59. The minimum absolute atomic E-state index is 0.165. The van der Waals surface area contributed by atoms with Crippen LogP contribution in [0.25, 0.3) is 0 Å². The predicted molar refractivity (Wildman–Crippen MR) is 118 cm³/mol. The summed E-state index contributed by atoms with van der Waals surface area (Å²) >= 11 is 0. The van der Waals surface area contributed by atoms with Gasteiger partial charge in [0.25, 0.3) is 0 Å². The Morgan fingerprint density at radius 3 is 2.94 bits per heavy atom. The number of hydrogen-bond donors (Lipinski definition) is 0. The summed E-state index contributed by atoms with van der Waals surface area (Å²) in [5.41, 5.74) is 1.83. The molecule has 4 heterocycles. The molecule has 3 aliphatic heterocycles.